The van der Waals surface area contributed by atoms with Gasteiger partial charge in [-0.05, 0) is 61.8 Å². The number of amides is 1. The van der Waals surface area contributed by atoms with E-state index in [1.54, 1.807) is 18.3 Å². The summed E-state index contributed by atoms with van der Waals surface area (Å²) in [5, 5.41) is 3.65. The molecule has 1 aliphatic rings. The number of nitrogens with zero attached hydrogens (tertiary/aromatic N) is 2. The fourth-order valence-electron chi connectivity index (χ4n) is 3.68. The Kier molecular flexibility index (Phi) is 6.23. The van der Waals surface area contributed by atoms with Crippen LogP contribution in [0.15, 0.2) is 66.9 Å². The minimum absolute atomic E-state index is 0.0628. The highest BCUT2D eigenvalue weighted by Crippen LogP contribution is 2.30. The van der Waals surface area contributed by atoms with E-state index < -0.39 is 0 Å². The lowest BCUT2D eigenvalue weighted by atomic mass is 10.0. The molecule has 0 saturated carbocycles. The molecule has 0 bridgehead atoms. The maximum atomic E-state index is 12.6. The zero-order valence-corrected chi connectivity index (χ0v) is 17.0. The third-order valence-corrected chi connectivity index (χ3v) is 5.63. The molecule has 1 fully saturated rings. The van der Waals surface area contributed by atoms with Crippen molar-refractivity contribution in [2.24, 2.45) is 0 Å². The summed E-state index contributed by atoms with van der Waals surface area (Å²) < 4.78 is 0. The molecule has 148 valence electrons. The molecule has 0 spiro atoms. The number of halogens is 1. The summed E-state index contributed by atoms with van der Waals surface area (Å²) in [6, 6.07) is 19.4. The number of likely N-dealkylation sites (tertiary alicyclic amines) is 1. The van der Waals surface area contributed by atoms with Crippen LogP contribution >= 0.6 is 11.6 Å². The van der Waals surface area contributed by atoms with Crippen LogP contribution in [0.5, 0.6) is 0 Å². The van der Waals surface area contributed by atoms with E-state index in [1.165, 1.54) is 12.8 Å². The van der Waals surface area contributed by atoms with Gasteiger partial charge in [0, 0.05) is 41.0 Å². The zero-order chi connectivity index (χ0) is 20.1. The largest absolute Gasteiger partial charge is 0.351 e. The van der Waals surface area contributed by atoms with E-state index in [1.807, 2.05) is 48.5 Å². The lowest BCUT2D eigenvalue weighted by Gasteiger charge is -2.15. The van der Waals surface area contributed by atoms with Crippen molar-refractivity contribution >= 4 is 17.5 Å². The lowest BCUT2D eigenvalue weighted by molar-refractivity contribution is 0.0950. The Balaban J connectivity index is 1.47. The average molecular weight is 406 g/mol. The molecule has 1 amide bonds. The van der Waals surface area contributed by atoms with Crippen LogP contribution in [-0.2, 0) is 0 Å². The van der Waals surface area contributed by atoms with Crippen LogP contribution in [0.3, 0.4) is 0 Å². The molecule has 2 heterocycles. The normalized spacial score (nSPS) is 14.1. The predicted molar refractivity (Wildman–Crippen MR) is 118 cm³/mol. The van der Waals surface area contributed by atoms with E-state index in [9.17, 15) is 4.79 Å². The van der Waals surface area contributed by atoms with Crippen LogP contribution in [0, 0.1) is 0 Å². The first-order valence-electron chi connectivity index (χ1n) is 10.0. The number of nitrogens with one attached hydrogen (secondary N) is 1. The fraction of sp³-hybridized carbons (Fsp3) is 0.250. The molecule has 4 rings (SSSR count). The Morgan fingerprint density at radius 1 is 1.00 bits per heavy atom. The van der Waals surface area contributed by atoms with Crippen LogP contribution in [0.4, 0.5) is 0 Å². The van der Waals surface area contributed by atoms with Gasteiger partial charge in [0.2, 0.25) is 0 Å². The van der Waals surface area contributed by atoms with Gasteiger partial charge in [-0.1, -0.05) is 41.9 Å². The molecule has 3 aromatic rings. The smallest absolute Gasteiger partial charge is 0.251 e. The van der Waals surface area contributed by atoms with Gasteiger partial charge in [0.25, 0.3) is 5.91 Å². The third kappa shape index (κ3) is 4.84. The van der Waals surface area contributed by atoms with Crippen molar-refractivity contribution in [3.63, 3.8) is 0 Å². The second kappa shape index (κ2) is 9.21. The van der Waals surface area contributed by atoms with Gasteiger partial charge in [-0.15, -0.1) is 0 Å². The number of pyridine rings is 1. The van der Waals surface area contributed by atoms with Gasteiger partial charge in [0.1, 0.15) is 0 Å². The lowest BCUT2D eigenvalue weighted by Crippen LogP contribution is -2.33. The van der Waals surface area contributed by atoms with E-state index in [0.717, 1.165) is 42.0 Å². The number of benzene rings is 2. The van der Waals surface area contributed by atoms with Gasteiger partial charge in [0.05, 0.1) is 5.69 Å². The van der Waals surface area contributed by atoms with Gasteiger partial charge in [-0.25, -0.2) is 0 Å². The first-order chi connectivity index (χ1) is 14.2. The minimum atomic E-state index is -0.0628. The van der Waals surface area contributed by atoms with Crippen molar-refractivity contribution in [3.8, 4) is 22.4 Å². The monoisotopic (exact) mass is 405 g/mol. The summed E-state index contributed by atoms with van der Waals surface area (Å²) in [5.74, 6) is -0.0628. The second-order valence-electron chi connectivity index (χ2n) is 7.29. The number of hydrogen-bond donors (Lipinski definition) is 1. The summed E-state index contributed by atoms with van der Waals surface area (Å²) in [7, 11) is 0. The van der Waals surface area contributed by atoms with Crippen LogP contribution < -0.4 is 5.32 Å². The molecular formula is C24H24ClN3O. The summed E-state index contributed by atoms with van der Waals surface area (Å²) >= 11 is 6.43. The molecule has 1 saturated heterocycles. The average Bonchev–Trinajstić information content (AvgIpc) is 3.28. The van der Waals surface area contributed by atoms with Gasteiger partial charge < -0.3 is 10.2 Å². The molecule has 1 aromatic heterocycles. The molecule has 0 unspecified atom stereocenters. The molecule has 0 aliphatic carbocycles. The molecular weight excluding hydrogens is 382 g/mol. The Morgan fingerprint density at radius 2 is 1.76 bits per heavy atom. The summed E-state index contributed by atoms with van der Waals surface area (Å²) in [6.45, 7) is 3.83. The van der Waals surface area contributed by atoms with Crippen molar-refractivity contribution in [1.82, 2.24) is 15.2 Å². The first kappa shape index (κ1) is 19.6. The topological polar surface area (TPSA) is 45.2 Å². The van der Waals surface area contributed by atoms with Crippen molar-refractivity contribution in [3.05, 3.63) is 77.4 Å². The van der Waals surface area contributed by atoms with Crippen molar-refractivity contribution in [2.75, 3.05) is 26.2 Å². The Hall–Kier alpha value is -2.69. The maximum Gasteiger partial charge on any atom is 0.251 e. The summed E-state index contributed by atoms with van der Waals surface area (Å²) in [5.41, 5.74) is 4.42. The molecule has 2 aromatic carbocycles. The fourth-order valence-corrected chi connectivity index (χ4v) is 3.90. The van der Waals surface area contributed by atoms with Crippen LogP contribution in [0.1, 0.15) is 23.2 Å². The summed E-state index contributed by atoms with van der Waals surface area (Å²) in [4.78, 5) is 19.3. The van der Waals surface area contributed by atoms with Gasteiger partial charge >= 0.3 is 0 Å². The first-order valence-corrected chi connectivity index (χ1v) is 10.4. The Morgan fingerprint density at radius 3 is 2.48 bits per heavy atom. The Bertz CT molecular complexity index is 967. The molecule has 0 radical (unpaired) electrons. The SMILES string of the molecule is O=C(NCCN1CCCC1)c1ccc(Cl)c(-c2ccc(-c3ccccn3)cc2)c1. The highest BCUT2D eigenvalue weighted by molar-refractivity contribution is 6.33. The highest BCUT2D eigenvalue weighted by Gasteiger charge is 2.13. The molecule has 5 heteroatoms. The highest BCUT2D eigenvalue weighted by atomic mass is 35.5. The van der Waals surface area contributed by atoms with E-state index in [-0.39, 0.29) is 5.91 Å². The van der Waals surface area contributed by atoms with Crippen molar-refractivity contribution < 1.29 is 4.79 Å². The number of aromatic nitrogens is 1. The second-order valence-corrected chi connectivity index (χ2v) is 7.70. The van der Waals surface area contributed by atoms with Gasteiger partial charge in [-0.3, -0.25) is 9.78 Å². The van der Waals surface area contributed by atoms with Crippen LogP contribution in [0.2, 0.25) is 5.02 Å². The van der Waals surface area contributed by atoms with Crippen molar-refractivity contribution in [2.45, 2.75) is 12.8 Å². The number of carbonyl (C=O) groups is 1. The third-order valence-electron chi connectivity index (χ3n) is 5.30. The van der Waals surface area contributed by atoms with E-state index in [4.69, 9.17) is 11.6 Å². The maximum absolute atomic E-state index is 12.6. The Labute approximate surface area is 176 Å². The molecule has 1 N–H and O–H groups in total. The quantitative estimate of drug-likeness (QED) is 0.634. The molecule has 29 heavy (non-hydrogen) atoms. The van der Waals surface area contributed by atoms with Crippen LogP contribution in [-0.4, -0.2) is 42.0 Å². The van der Waals surface area contributed by atoms with Gasteiger partial charge in [-0.2, -0.15) is 0 Å². The molecule has 1 aliphatic heterocycles. The number of rotatable bonds is 6. The van der Waals surface area contributed by atoms with E-state index in [0.29, 0.717) is 17.1 Å². The molecule has 0 atom stereocenters. The van der Waals surface area contributed by atoms with Crippen molar-refractivity contribution in [1.29, 1.82) is 0 Å². The van der Waals surface area contributed by atoms with Gasteiger partial charge in [0.15, 0.2) is 0 Å². The zero-order valence-electron chi connectivity index (χ0n) is 16.3. The summed E-state index contributed by atoms with van der Waals surface area (Å²) in [6.07, 6.45) is 4.30. The number of hydrogen-bond acceptors (Lipinski definition) is 3. The molecule has 4 nitrogen and oxygen atoms in total. The van der Waals surface area contributed by atoms with E-state index >= 15 is 0 Å². The minimum Gasteiger partial charge on any atom is -0.351 e. The number of carbonyl (C=O) groups excluding carboxylic acids is 1. The van der Waals surface area contributed by atoms with E-state index in [2.05, 4.69) is 15.2 Å². The standard InChI is InChI=1S/C24H24ClN3O/c25-22-11-10-20(24(29)27-13-16-28-14-3-4-15-28)17-21(22)18-6-8-19(9-7-18)23-5-1-2-12-26-23/h1-2,5-12,17H,3-4,13-16H2,(H,27,29). The predicted octanol–water partition coefficient (Wildman–Crippen LogP) is 4.89. The van der Waals surface area contributed by atoms with Crippen LogP contribution in [0.25, 0.3) is 22.4 Å².